The molecule has 0 unspecified atom stereocenters. The van der Waals surface area contributed by atoms with E-state index in [1.807, 2.05) is 25.1 Å². The van der Waals surface area contributed by atoms with Crippen LogP contribution in [0.5, 0.6) is 0 Å². The van der Waals surface area contributed by atoms with Crippen molar-refractivity contribution < 1.29 is 9.63 Å². The number of hydrogen-bond acceptors (Lipinski definition) is 4. The van der Waals surface area contributed by atoms with E-state index in [9.17, 15) is 4.79 Å². The molecular weight excluding hydrogens is 340 g/mol. The zero-order valence-corrected chi connectivity index (χ0v) is 14.6. The van der Waals surface area contributed by atoms with Gasteiger partial charge in [0.25, 0.3) is 5.91 Å². The number of aromatic nitrogens is 3. The van der Waals surface area contributed by atoms with Crippen LogP contribution in [0.2, 0.25) is 5.02 Å². The number of rotatable bonds is 3. The molecule has 2 atom stereocenters. The molecule has 1 aromatic heterocycles. The van der Waals surface area contributed by atoms with E-state index >= 15 is 0 Å². The number of halogens is 1. The van der Waals surface area contributed by atoms with Crippen molar-refractivity contribution in [3.8, 4) is 0 Å². The van der Waals surface area contributed by atoms with E-state index in [2.05, 4.69) is 16.4 Å². The predicted molar refractivity (Wildman–Crippen MR) is 95.7 cm³/mol. The average molecular weight is 357 g/mol. The van der Waals surface area contributed by atoms with Crippen molar-refractivity contribution in [1.29, 1.82) is 0 Å². The summed E-state index contributed by atoms with van der Waals surface area (Å²) < 4.78 is 0. The molecule has 0 saturated heterocycles. The monoisotopic (exact) mass is 356 g/mol. The van der Waals surface area contributed by atoms with Crippen LogP contribution in [-0.2, 0) is 11.2 Å². The maximum atomic E-state index is 13.0. The van der Waals surface area contributed by atoms with Crippen LogP contribution in [-0.4, -0.2) is 33.2 Å². The summed E-state index contributed by atoms with van der Waals surface area (Å²) in [5.41, 5.74) is 3.40. The van der Waals surface area contributed by atoms with E-state index in [-0.39, 0.29) is 11.9 Å². The smallest absolute Gasteiger partial charge is 0.270 e. The van der Waals surface area contributed by atoms with Gasteiger partial charge in [0.1, 0.15) is 11.0 Å². The van der Waals surface area contributed by atoms with Gasteiger partial charge in [-0.25, -0.2) is 0 Å². The van der Waals surface area contributed by atoms with Crippen LogP contribution in [0.4, 0.5) is 5.69 Å². The van der Waals surface area contributed by atoms with Gasteiger partial charge in [-0.3, -0.25) is 4.79 Å². The summed E-state index contributed by atoms with van der Waals surface area (Å²) in [6.07, 6.45) is 0.133. The first kappa shape index (κ1) is 15.9. The van der Waals surface area contributed by atoms with Gasteiger partial charge in [-0.2, -0.15) is 0 Å². The molecule has 4 rings (SSSR count). The van der Waals surface area contributed by atoms with Crippen molar-refractivity contribution in [2.75, 3.05) is 4.90 Å². The van der Waals surface area contributed by atoms with Crippen molar-refractivity contribution in [2.24, 2.45) is 0 Å². The normalized spacial score (nSPS) is 17.6. The summed E-state index contributed by atoms with van der Waals surface area (Å²) in [6.45, 7) is 3.75. The van der Waals surface area contributed by atoms with Crippen molar-refractivity contribution >= 4 is 34.2 Å². The highest BCUT2D eigenvalue weighted by atomic mass is 35.5. The molecule has 0 saturated carbocycles. The van der Waals surface area contributed by atoms with Crippen LogP contribution >= 0.6 is 11.6 Å². The predicted octanol–water partition coefficient (Wildman–Crippen LogP) is 2.88. The van der Waals surface area contributed by atoms with Gasteiger partial charge in [-0.15, -0.1) is 5.10 Å². The summed E-state index contributed by atoms with van der Waals surface area (Å²) in [5, 5.41) is 8.55. The molecule has 1 aliphatic heterocycles. The highest BCUT2D eigenvalue weighted by Gasteiger charge is 2.34. The van der Waals surface area contributed by atoms with Gasteiger partial charge in [0.2, 0.25) is 6.10 Å². The Morgan fingerprint density at radius 1 is 1.32 bits per heavy atom. The van der Waals surface area contributed by atoms with Crippen molar-refractivity contribution in [2.45, 2.75) is 32.4 Å². The Kier molecular flexibility index (Phi) is 3.84. The molecule has 128 valence electrons. The van der Waals surface area contributed by atoms with Crippen molar-refractivity contribution in [3.63, 3.8) is 0 Å². The fourth-order valence-corrected chi connectivity index (χ4v) is 3.41. The number of fused-ring (bicyclic) bond motifs is 2. The van der Waals surface area contributed by atoms with Gasteiger partial charge in [-0.1, -0.05) is 34.6 Å². The average Bonchev–Trinajstić information content (AvgIpc) is 3.14. The Bertz CT molecular complexity index is 955. The number of anilines is 1. The van der Waals surface area contributed by atoms with Gasteiger partial charge in [0, 0.05) is 16.8 Å². The first-order chi connectivity index (χ1) is 12.0. The molecule has 0 aliphatic carbocycles. The zero-order chi connectivity index (χ0) is 17.6. The Morgan fingerprint density at radius 2 is 2.12 bits per heavy atom. The summed E-state index contributed by atoms with van der Waals surface area (Å²) in [4.78, 5) is 21.8. The molecule has 6 nitrogen and oxygen atoms in total. The minimum absolute atomic E-state index is 0.0953. The van der Waals surface area contributed by atoms with E-state index in [1.54, 1.807) is 30.0 Å². The largest absolute Gasteiger partial charge is 0.382 e. The Hall–Kier alpha value is -2.60. The topological polar surface area (TPSA) is 60.2 Å². The minimum Gasteiger partial charge on any atom is -0.382 e. The summed E-state index contributed by atoms with van der Waals surface area (Å²) >= 11 is 6.03. The fourth-order valence-electron chi connectivity index (χ4n) is 3.24. The molecule has 0 radical (unpaired) electrons. The number of hydrogen-bond donors (Lipinski definition) is 0. The first-order valence-electron chi connectivity index (χ1n) is 8.13. The third-order valence-corrected chi connectivity index (χ3v) is 4.66. The van der Waals surface area contributed by atoms with Gasteiger partial charge in [0.05, 0.1) is 0 Å². The van der Waals surface area contributed by atoms with Crippen LogP contribution in [0.25, 0.3) is 11.0 Å². The fraction of sp³-hybridized carbons (Fsp3) is 0.278. The lowest BCUT2D eigenvalue weighted by Gasteiger charge is -2.25. The maximum Gasteiger partial charge on any atom is 0.270 e. The van der Waals surface area contributed by atoms with Crippen molar-refractivity contribution in [1.82, 2.24) is 15.2 Å². The summed E-state index contributed by atoms with van der Waals surface area (Å²) in [5.74, 6) is -0.108. The number of carbonyl (C=O) groups excluding carboxylic acids is 1. The maximum absolute atomic E-state index is 13.0. The lowest BCUT2D eigenvalue weighted by Crippen LogP contribution is -2.45. The Morgan fingerprint density at radius 3 is 2.96 bits per heavy atom. The second-order valence-electron chi connectivity index (χ2n) is 6.23. The van der Waals surface area contributed by atoms with Gasteiger partial charge >= 0.3 is 0 Å². The minimum atomic E-state index is -0.711. The molecule has 25 heavy (non-hydrogen) atoms. The molecular formula is C18H17ClN4O2. The van der Waals surface area contributed by atoms with Gasteiger partial charge in [0.15, 0.2) is 0 Å². The van der Waals surface area contributed by atoms with Gasteiger partial charge in [-0.05, 0) is 55.3 Å². The molecule has 0 bridgehead atoms. The molecule has 1 amide bonds. The second kappa shape index (κ2) is 6.04. The number of carbonyl (C=O) groups is 1. The third kappa shape index (κ3) is 2.72. The molecule has 0 spiro atoms. The molecule has 3 aromatic rings. The van der Waals surface area contributed by atoms with Crippen LogP contribution < -0.4 is 9.74 Å². The highest BCUT2D eigenvalue weighted by Crippen LogP contribution is 2.32. The van der Waals surface area contributed by atoms with Gasteiger partial charge < -0.3 is 9.74 Å². The molecule has 1 aliphatic rings. The molecule has 7 heteroatoms. The molecule has 0 fully saturated rings. The Labute approximate surface area is 149 Å². The van der Waals surface area contributed by atoms with E-state index in [1.165, 1.54) is 10.4 Å². The van der Waals surface area contributed by atoms with E-state index in [0.29, 0.717) is 16.1 Å². The number of para-hydroxylation sites is 1. The molecule has 2 heterocycles. The van der Waals surface area contributed by atoms with Crippen LogP contribution in [0, 0.1) is 0 Å². The number of nitrogens with zero attached hydrogens (tertiary/aromatic N) is 4. The van der Waals surface area contributed by atoms with Crippen LogP contribution in [0.15, 0.2) is 42.5 Å². The highest BCUT2D eigenvalue weighted by molar-refractivity contribution is 6.31. The Balaban J connectivity index is 1.59. The van der Waals surface area contributed by atoms with E-state index in [4.69, 9.17) is 16.4 Å². The number of amides is 1. The second-order valence-corrected chi connectivity index (χ2v) is 6.67. The summed E-state index contributed by atoms with van der Waals surface area (Å²) in [7, 11) is 0. The lowest BCUT2D eigenvalue weighted by molar-refractivity contribution is -0.130. The zero-order valence-electron chi connectivity index (χ0n) is 13.9. The lowest BCUT2D eigenvalue weighted by atomic mass is 10.1. The SMILES string of the molecule is C[C@@H](On1nnc2ccc(Cl)cc21)C(=O)N1c2ccccc2C[C@@H]1C. The van der Waals surface area contributed by atoms with E-state index < -0.39 is 6.10 Å². The quantitative estimate of drug-likeness (QED) is 0.724. The number of benzene rings is 2. The van der Waals surface area contributed by atoms with Crippen LogP contribution in [0.3, 0.4) is 0 Å². The standard InChI is InChI=1S/C18H17ClN4O2/c1-11-9-13-5-3-4-6-16(13)22(11)18(24)12(2)25-23-17-10-14(19)7-8-15(17)20-21-23/h3-8,10-12H,9H2,1-2H3/t11-,12+/m0/s1. The molecule has 0 N–H and O–H groups in total. The van der Waals surface area contributed by atoms with Crippen LogP contribution in [0.1, 0.15) is 19.4 Å². The van der Waals surface area contributed by atoms with E-state index in [0.717, 1.165) is 12.1 Å². The van der Waals surface area contributed by atoms with Crippen molar-refractivity contribution in [3.05, 3.63) is 53.1 Å². The molecule has 2 aromatic carbocycles. The summed E-state index contributed by atoms with van der Waals surface area (Å²) in [6, 6.07) is 13.3. The third-order valence-electron chi connectivity index (χ3n) is 4.43. The first-order valence-corrected chi connectivity index (χ1v) is 8.51.